The standard InChI is InChI=1S/C9H8Br2F2O2/c10-3-8(14)9(15)4-1-7(13)5(11)2-6(4)12/h1-2,8-9,14-15H,3H2. The van der Waals surface area contributed by atoms with Gasteiger partial charge in [0, 0.05) is 10.9 Å². The lowest BCUT2D eigenvalue weighted by atomic mass is 10.0. The maximum Gasteiger partial charge on any atom is 0.137 e. The maximum absolute atomic E-state index is 13.3. The van der Waals surface area contributed by atoms with Crippen molar-refractivity contribution in [2.24, 2.45) is 0 Å². The Balaban J connectivity index is 3.09. The van der Waals surface area contributed by atoms with Crippen LogP contribution in [0.2, 0.25) is 0 Å². The van der Waals surface area contributed by atoms with Gasteiger partial charge in [-0.1, -0.05) is 15.9 Å². The molecule has 0 saturated heterocycles. The molecule has 2 atom stereocenters. The maximum atomic E-state index is 13.3. The molecule has 2 unspecified atom stereocenters. The summed E-state index contributed by atoms with van der Waals surface area (Å²) in [6.07, 6.45) is -2.63. The molecule has 0 aliphatic carbocycles. The quantitative estimate of drug-likeness (QED) is 0.652. The fourth-order valence-electron chi connectivity index (χ4n) is 1.06. The summed E-state index contributed by atoms with van der Waals surface area (Å²) in [6, 6.07) is 1.77. The van der Waals surface area contributed by atoms with E-state index in [1.165, 1.54) is 0 Å². The van der Waals surface area contributed by atoms with E-state index in [1.807, 2.05) is 0 Å². The van der Waals surface area contributed by atoms with Gasteiger partial charge in [0.15, 0.2) is 0 Å². The molecule has 15 heavy (non-hydrogen) atoms. The van der Waals surface area contributed by atoms with Gasteiger partial charge in [0.1, 0.15) is 17.7 Å². The van der Waals surface area contributed by atoms with E-state index >= 15 is 0 Å². The van der Waals surface area contributed by atoms with Crippen LogP contribution in [0.5, 0.6) is 0 Å². The summed E-state index contributed by atoms with van der Waals surface area (Å²) in [5.41, 5.74) is -0.261. The van der Waals surface area contributed by atoms with Gasteiger partial charge in [-0.3, -0.25) is 0 Å². The minimum absolute atomic E-state index is 0.0238. The highest BCUT2D eigenvalue weighted by Crippen LogP contribution is 2.26. The molecule has 0 amide bonds. The molecule has 0 spiro atoms. The fourth-order valence-corrected chi connectivity index (χ4v) is 1.73. The summed E-state index contributed by atoms with van der Waals surface area (Å²) in [6.45, 7) is 0. The predicted octanol–water partition coefficient (Wildman–Crippen LogP) is 2.52. The minimum Gasteiger partial charge on any atom is -0.389 e. The summed E-state index contributed by atoms with van der Waals surface area (Å²) in [5, 5.41) is 18.8. The number of aliphatic hydroxyl groups excluding tert-OH is 2. The summed E-state index contributed by atoms with van der Waals surface area (Å²) < 4.78 is 26.3. The molecule has 0 aliphatic heterocycles. The van der Waals surface area contributed by atoms with Gasteiger partial charge in [0.25, 0.3) is 0 Å². The minimum atomic E-state index is -1.45. The number of rotatable bonds is 3. The third-order valence-electron chi connectivity index (χ3n) is 1.88. The van der Waals surface area contributed by atoms with Crippen LogP contribution in [0, 0.1) is 11.6 Å². The Morgan fingerprint density at radius 2 is 1.80 bits per heavy atom. The van der Waals surface area contributed by atoms with Crippen molar-refractivity contribution in [1.82, 2.24) is 0 Å². The van der Waals surface area contributed by atoms with Crippen molar-refractivity contribution in [3.05, 3.63) is 33.8 Å². The Kier molecular flexibility index (Phi) is 4.64. The topological polar surface area (TPSA) is 40.5 Å². The van der Waals surface area contributed by atoms with E-state index in [-0.39, 0.29) is 15.4 Å². The molecule has 0 bridgehead atoms. The van der Waals surface area contributed by atoms with Crippen LogP contribution < -0.4 is 0 Å². The molecule has 1 aromatic rings. The van der Waals surface area contributed by atoms with Crippen LogP contribution >= 0.6 is 31.9 Å². The molecule has 2 nitrogen and oxygen atoms in total. The van der Waals surface area contributed by atoms with E-state index in [0.29, 0.717) is 0 Å². The summed E-state index contributed by atoms with van der Waals surface area (Å²) >= 11 is 5.75. The van der Waals surface area contributed by atoms with Crippen LogP contribution in [0.4, 0.5) is 8.78 Å². The molecular formula is C9H8Br2F2O2. The van der Waals surface area contributed by atoms with Gasteiger partial charge < -0.3 is 10.2 Å². The first-order valence-corrected chi connectivity index (χ1v) is 5.95. The van der Waals surface area contributed by atoms with Crippen molar-refractivity contribution >= 4 is 31.9 Å². The lowest BCUT2D eigenvalue weighted by molar-refractivity contribution is 0.0318. The average molecular weight is 346 g/mol. The monoisotopic (exact) mass is 344 g/mol. The van der Waals surface area contributed by atoms with Crippen molar-refractivity contribution in [2.45, 2.75) is 12.2 Å². The van der Waals surface area contributed by atoms with Gasteiger partial charge in [-0.15, -0.1) is 0 Å². The van der Waals surface area contributed by atoms with E-state index in [0.717, 1.165) is 12.1 Å². The van der Waals surface area contributed by atoms with Crippen molar-refractivity contribution in [3.8, 4) is 0 Å². The number of aliphatic hydroxyl groups is 2. The van der Waals surface area contributed by atoms with E-state index < -0.39 is 23.8 Å². The Morgan fingerprint density at radius 1 is 1.20 bits per heavy atom. The molecular weight excluding hydrogens is 338 g/mol. The molecule has 0 aromatic heterocycles. The summed E-state index contributed by atoms with van der Waals surface area (Å²) in [4.78, 5) is 0. The van der Waals surface area contributed by atoms with Crippen LogP contribution in [0.3, 0.4) is 0 Å². The molecule has 1 rings (SSSR count). The zero-order valence-corrected chi connectivity index (χ0v) is 10.6. The zero-order valence-electron chi connectivity index (χ0n) is 7.42. The van der Waals surface area contributed by atoms with E-state index in [9.17, 15) is 19.0 Å². The fraction of sp³-hybridized carbons (Fsp3) is 0.333. The second-order valence-electron chi connectivity index (χ2n) is 2.95. The number of alkyl halides is 1. The first-order valence-electron chi connectivity index (χ1n) is 4.04. The molecule has 0 radical (unpaired) electrons. The second-order valence-corrected chi connectivity index (χ2v) is 4.46. The molecule has 6 heteroatoms. The van der Waals surface area contributed by atoms with Gasteiger partial charge in [-0.2, -0.15) is 0 Å². The van der Waals surface area contributed by atoms with Crippen molar-refractivity contribution in [1.29, 1.82) is 0 Å². The van der Waals surface area contributed by atoms with Gasteiger partial charge in [0.05, 0.1) is 10.6 Å². The van der Waals surface area contributed by atoms with Gasteiger partial charge in [-0.25, -0.2) is 8.78 Å². The van der Waals surface area contributed by atoms with Crippen LogP contribution in [-0.4, -0.2) is 21.6 Å². The largest absolute Gasteiger partial charge is 0.389 e. The Morgan fingerprint density at radius 3 is 2.33 bits per heavy atom. The molecule has 1 aromatic carbocycles. The Bertz CT molecular complexity index is 360. The third kappa shape index (κ3) is 2.96. The Hall–Kier alpha value is -0.0400. The zero-order chi connectivity index (χ0) is 11.6. The van der Waals surface area contributed by atoms with Crippen LogP contribution in [0.25, 0.3) is 0 Å². The molecule has 84 valence electrons. The normalized spacial score (nSPS) is 15.1. The first-order chi connectivity index (χ1) is 6.97. The van der Waals surface area contributed by atoms with Crippen LogP contribution in [0.15, 0.2) is 16.6 Å². The number of hydrogen-bond donors (Lipinski definition) is 2. The highest BCUT2D eigenvalue weighted by Gasteiger charge is 2.22. The highest BCUT2D eigenvalue weighted by molar-refractivity contribution is 9.10. The third-order valence-corrected chi connectivity index (χ3v) is 3.15. The average Bonchev–Trinajstić information content (AvgIpc) is 2.21. The Labute approximate surface area is 102 Å². The SMILES string of the molecule is OC(CBr)C(O)c1cc(F)c(Br)cc1F. The van der Waals surface area contributed by atoms with Crippen LogP contribution in [-0.2, 0) is 0 Å². The van der Waals surface area contributed by atoms with Crippen molar-refractivity contribution in [2.75, 3.05) is 5.33 Å². The van der Waals surface area contributed by atoms with Gasteiger partial charge in [-0.05, 0) is 28.1 Å². The molecule has 0 fully saturated rings. The van der Waals surface area contributed by atoms with E-state index in [1.54, 1.807) is 0 Å². The first kappa shape index (κ1) is 13.0. The summed E-state index contributed by atoms with van der Waals surface area (Å²) in [5.74, 6) is -1.46. The van der Waals surface area contributed by atoms with E-state index in [2.05, 4.69) is 31.9 Å². The smallest absolute Gasteiger partial charge is 0.137 e. The van der Waals surface area contributed by atoms with E-state index in [4.69, 9.17) is 0 Å². The number of hydrogen-bond acceptors (Lipinski definition) is 2. The second kappa shape index (κ2) is 5.34. The van der Waals surface area contributed by atoms with Gasteiger partial charge >= 0.3 is 0 Å². The molecule has 0 saturated carbocycles. The van der Waals surface area contributed by atoms with Crippen LogP contribution in [0.1, 0.15) is 11.7 Å². The van der Waals surface area contributed by atoms with Gasteiger partial charge in [0.2, 0.25) is 0 Å². The highest BCUT2D eigenvalue weighted by atomic mass is 79.9. The lowest BCUT2D eigenvalue weighted by Gasteiger charge is -2.16. The molecule has 0 heterocycles. The molecule has 0 aliphatic rings. The number of benzene rings is 1. The summed E-state index contributed by atoms with van der Waals surface area (Å²) in [7, 11) is 0. The van der Waals surface area contributed by atoms with Crippen molar-refractivity contribution < 1.29 is 19.0 Å². The number of halogens is 4. The lowest BCUT2D eigenvalue weighted by Crippen LogP contribution is -2.20. The molecule has 2 N–H and O–H groups in total. The van der Waals surface area contributed by atoms with Crippen molar-refractivity contribution in [3.63, 3.8) is 0 Å². The predicted molar refractivity (Wildman–Crippen MR) is 58.8 cm³/mol.